The van der Waals surface area contributed by atoms with Gasteiger partial charge in [0.1, 0.15) is 4.32 Å². The largest absolute Gasteiger partial charge is 0.363 e. The van der Waals surface area contributed by atoms with Crippen molar-refractivity contribution in [1.29, 1.82) is 0 Å². The molecule has 0 fully saturated rings. The highest BCUT2D eigenvalue weighted by atomic mass is 32.2. The molecule has 0 aromatic heterocycles. The van der Waals surface area contributed by atoms with Gasteiger partial charge in [-0.15, -0.1) is 0 Å². The maximum Gasteiger partial charge on any atom is 0.140 e. The second kappa shape index (κ2) is 3.92. The van der Waals surface area contributed by atoms with E-state index in [1.165, 1.54) is 11.8 Å². The van der Waals surface area contributed by atoms with Gasteiger partial charge in [0.15, 0.2) is 0 Å². The van der Waals surface area contributed by atoms with Crippen LogP contribution in [0.3, 0.4) is 0 Å². The third-order valence-corrected chi connectivity index (χ3v) is 1.94. The zero-order valence-corrected chi connectivity index (χ0v) is 6.68. The summed E-state index contributed by atoms with van der Waals surface area (Å²) in [7, 11) is 3.83. The molecule has 0 aromatic rings. The van der Waals surface area contributed by atoms with Gasteiger partial charge in [0.25, 0.3) is 0 Å². The Kier molecular flexibility index (Phi) is 3.91. The van der Waals surface area contributed by atoms with Gasteiger partial charge in [0, 0.05) is 14.1 Å². The molecule has 0 N–H and O–H groups in total. The molecule has 46 valence electrons. The molecule has 0 unspecified atom stereocenters. The topological polar surface area (TPSA) is 3.24 Å². The van der Waals surface area contributed by atoms with E-state index < -0.39 is 0 Å². The Hall–Kier alpha value is -0.0200. The lowest BCUT2D eigenvalue weighted by atomic mass is 11.0. The van der Waals surface area contributed by atoms with Crippen LogP contribution in [0.1, 0.15) is 0 Å². The van der Waals surface area contributed by atoms with E-state index in [4.69, 9.17) is 12.2 Å². The van der Waals surface area contributed by atoms with Gasteiger partial charge in [0.05, 0.1) is 0 Å². The van der Waals surface area contributed by atoms with Crippen LogP contribution in [0.4, 0.5) is 0 Å². The van der Waals surface area contributed by atoms with Crippen molar-refractivity contribution in [2.24, 2.45) is 0 Å². The number of thiocarbonyl (C=S) groups is 1. The molecule has 0 aromatic carbocycles. The number of thioether (sulfide) groups is 1. The Morgan fingerprint density at radius 1 is 1.75 bits per heavy atom. The molecule has 0 aliphatic rings. The summed E-state index contributed by atoms with van der Waals surface area (Å²) in [5.41, 5.74) is 0. The van der Waals surface area contributed by atoms with Crippen molar-refractivity contribution in [1.82, 2.24) is 4.90 Å². The Bertz CT molecular complexity index is 98.6. The van der Waals surface area contributed by atoms with Crippen molar-refractivity contribution in [3.63, 3.8) is 0 Å². The summed E-state index contributed by atoms with van der Waals surface area (Å²) in [5, 5.41) is 1.72. The first-order valence-electron chi connectivity index (χ1n) is 2.17. The van der Waals surface area contributed by atoms with Gasteiger partial charge >= 0.3 is 0 Å². The highest BCUT2D eigenvalue weighted by molar-refractivity contribution is 8.24. The molecule has 3 heteroatoms. The van der Waals surface area contributed by atoms with Crippen LogP contribution >= 0.6 is 24.0 Å². The average Bonchev–Trinajstić information content (AvgIpc) is 1.67. The van der Waals surface area contributed by atoms with Crippen molar-refractivity contribution in [3.05, 3.63) is 12.0 Å². The molecule has 0 saturated carbocycles. The summed E-state index contributed by atoms with van der Waals surface area (Å²) in [5.74, 6) is 0. The fourth-order valence-electron chi connectivity index (χ4n) is 0.177. The Labute approximate surface area is 59.8 Å². The first-order chi connectivity index (χ1) is 3.68. The molecular formula is C5H9NS2. The number of nitrogens with zero attached hydrogens (tertiary/aromatic N) is 1. The standard InChI is InChI=1S/C5H9NS2/c1-4-8-5(7)6(2)3/h4H,1H2,2-3H3. The summed E-state index contributed by atoms with van der Waals surface area (Å²) in [6, 6.07) is 0. The Morgan fingerprint density at radius 3 is 2.38 bits per heavy atom. The van der Waals surface area contributed by atoms with Crippen LogP contribution in [0.15, 0.2) is 12.0 Å². The number of rotatable bonds is 1. The van der Waals surface area contributed by atoms with E-state index in [1.807, 2.05) is 19.0 Å². The molecule has 0 bridgehead atoms. The smallest absolute Gasteiger partial charge is 0.140 e. The van der Waals surface area contributed by atoms with E-state index in [9.17, 15) is 0 Å². The molecular weight excluding hydrogens is 138 g/mol. The molecule has 1 nitrogen and oxygen atoms in total. The maximum atomic E-state index is 4.89. The second-order valence-electron chi connectivity index (χ2n) is 1.44. The molecule has 0 atom stereocenters. The van der Waals surface area contributed by atoms with Crippen molar-refractivity contribution >= 4 is 28.3 Å². The minimum atomic E-state index is 0.847. The summed E-state index contributed by atoms with van der Waals surface area (Å²) >= 11 is 6.36. The molecule has 8 heavy (non-hydrogen) atoms. The highest BCUT2D eigenvalue weighted by Crippen LogP contribution is 2.05. The molecule has 0 spiro atoms. The lowest BCUT2D eigenvalue weighted by Gasteiger charge is -2.09. The summed E-state index contributed by atoms with van der Waals surface area (Å²) in [4.78, 5) is 1.88. The fourth-order valence-corrected chi connectivity index (χ4v) is 0.734. The first-order valence-corrected chi connectivity index (χ1v) is 3.46. The molecule has 0 radical (unpaired) electrons. The Balaban J connectivity index is 3.48. The zero-order chi connectivity index (χ0) is 6.57. The normalized spacial score (nSPS) is 8.25. The minimum Gasteiger partial charge on any atom is -0.363 e. The predicted molar refractivity (Wildman–Crippen MR) is 44.1 cm³/mol. The van der Waals surface area contributed by atoms with Gasteiger partial charge in [0.2, 0.25) is 0 Å². The lowest BCUT2D eigenvalue weighted by Crippen LogP contribution is -2.14. The molecule has 0 aliphatic carbocycles. The van der Waals surface area contributed by atoms with E-state index in [0.29, 0.717) is 0 Å². The molecule has 0 heterocycles. The molecule has 0 amide bonds. The zero-order valence-electron chi connectivity index (χ0n) is 5.05. The van der Waals surface area contributed by atoms with Crippen molar-refractivity contribution in [3.8, 4) is 0 Å². The summed E-state index contributed by atoms with van der Waals surface area (Å²) < 4.78 is 0.847. The van der Waals surface area contributed by atoms with Crippen molar-refractivity contribution in [2.45, 2.75) is 0 Å². The summed E-state index contributed by atoms with van der Waals surface area (Å²) in [6.45, 7) is 3.53. The van der Waals surface area contributed by atoms with Gasteiger partial charge in [-0.3, -0.25) is 0 Å². The van der Waals surface area contributed by atoms with Crippen LogP contribution in [0.2, 0.25) is 0 Å². The highest BCUT2D eigenvalue weighted by Gasteiger charge is 1.92. The van der Waals surface area contributed by atoms with E-state index >= 15 is 0 Å². The molecule has 0 aliphatic heterocycles. The average molecular weight is 147 g/mol. The van der Waals surface area contributed by atoms with Crippen LogP contribution in [0.25, 0.3) is 0 Å². The van der Waals surface area contributed by atoms with Gasteiger partial charge in [-0.25, -0.2) is 0 Å². The quantitative estimate of drug-likeness (QED) is 0.520. The third kappa shape index (κ3) is 3.04. The van der Waals surface area contributed by atoms with Gasteiger partial charge < -0.3 is 4.90 Å². The van der Waals surface area contributed by atoms with Gasteiger partial charge in [-0.1, -0.05) is 30.6 Å². The first kappa shape index (κ1) is 7.98. The van der Waals surface area contributed by atoms with Crippen LogP contribution in [0.5, 0.6) is 0 Å². The van der Waals surface area contributed by atoms with Crippen LogP contribution in [-0.4, -0.2) is 23.3 Å². The van der Waals surface area contributed by atoms with Crippen molar-refractivity contribution < 1.29 is 0 Å². The SMILES string of the molecule is C=CSC(=S)N(C)C. The van der Waals surface area contributed by atoms with Gasteiger partial charge in [-0.2, -0.15) is 0 Å². The molecule has 0 saturated heterocycles. The van der Waals surface area contributed by atoms with E-state index in [1.54, 1.807) is 5.41 Å². The second-order valence-corrected chi connectivity index (χ2v) is 3.05. The van der Waals surface area contributed by atoms with Crippen LogP contribution in [-0.2, 0) is 0 Å². The number of hydrogen-bond acceptors (Lipinski definition) is 2. The maximum absolute atomic E-state index is 4.89. The monoisotopic (exact) mass is 147 g/mol. The fraction of sp³-hybridized carbons (Fsp3) is 0.400. The van der Waals surface area contributed by atoms with E-state index in [-0.39, 0.29) is 0 Å². The number of hydrogen-bond donors (Lipinski definition) is 0. The Morgan fingerprint density at radius 2 is 2.25 bits per heavy atom. The molecule has 0 rings (SSSR count). The third-order valence-electron chi connectivity index (χ3n) is 0.549. The van der Waals surface area contributed by atoms with Gasteiger partial charge in [-0.05, 0) is 5.41 Å². The predicted octanol–water partition coefficient (Wildman–Crippen LogP) is 1.71. The van der Waals surface area contributed by atoms with Crippen LogP contribution in [0, 0.1) is 0 Å². The lowest BCUT2D eigenvalue weighted by molar-refractivity contribution is 0.648. The van der Waals surface area contributed by atoms with Crippen LogP contribution < -0.4 is 0 Å². The van der Waals surface area contributed by atoms with Crippen molar-refractivity contribution in [2.75, 3.05) is 14.1 Å². The van der Waals surface area contributed by atoms with E-state index in [0.717, 1.165) is 4.32 Å². The summed E-state index contributed by atoms with van der Waals surface area (Å²) in [6.07, 6.45) is 0. The minimum absolute atomic E-state index is 0.847. The van der Waals surface area contributed by atoms with E-state index in [2.05, 4.69) is 6.58 Å².